The number of hydrazine groups is 1. The van der Waals surface area contributed by atoms with Gasteiger partial charge in [-0.05, 0) is 46.0 Å². The molecule has 1 atom stereocenters. The third-order valence-electron chi connectivity index (χ3n) is 3.47. The fourth-order valence-corrected chi connectivity index (χ4v) is 2.23. The number of nitrogens with two attached hydrogens (primary N) is 1. The van der Waals surface area contributed by atoms with Crippen LogP contribution in [0.1, 0.15) is 52.4 Å². The second-order valence-electron chi connectivity index (χ2n) is 5.27. The zero-order valence-electron chi connectivity index (χ0n) is 10.9. The fraction of sp³-hybridized carbons (Fsp3) is 0.846. The molecule has 0 aromatic heterocycles. The predicted molar refractivity (Wildman–Crippen MR) is 68.0 cm³/mol. The molecule has 0 saturated heterocycles. The van der Waals surface area contributed by atoms with E-state index in [1.165, 1.54) is 37.7 Å². The summed E-state index contributed by atoms with van der Waals surface area (Å²) in [6.07, 6.45) is 9.60. The summed E-state index contributed by atoms with van der Waals surface area (Å²) in [5.41, 5.74) is 4.28. The highest BCUT2D eigenvalue weighted by atomic mass is 16.5. The van der Waals surface area contributed by atoms with Gasteiger partial charge in [0.2, 0.25) is 0 Å². The van der Waals surface area contributed by atoms with Crippen molar-refractivity contribution in [1.82, 2.24) is 5.43 Å². The van der Waals surface area contributed by atoms with E-state index in [2.05, 4.69) is 25.3 Å². The van der Waals surface area contributed by atoms with Crippen molar-refractivity contribution in [2.45, 2.75) is 64.0 Å². The molecular weight excluding hydrogens is 200 g/mol. The fourth-order valence-electron chi connectivity index (χ4n) is 2.23. The smallest absolute Gasteiger partial charge is 0.0641 e. The zero-order valence-corrected chi connectivity index (χ0v) is 10.9. The van der Waals surface area contributed by atoms with E-state index in [0.29, 0.717) is 0 Å². The van der Waals surface area contributed by atoms with Crippen molar-refractivity contribution >= 4 is 0 Å². The molecule has 0 fully saturated rings. The van der Waals surface area contributed by atoms with Crippen LogP contribution in [0.15, 0.2) is 11.6 Å². The lowest BCUT2D eigenvalue weighted by Crippen LogP contribution is -2.42. The van der Waals surface area contributed by atoms with E-state index in [0.717, 1.165) is 6.42 Å². The standard InChI is InChI=1S/C13H26N2O/c1-13(2,16-3)10-12(15-14)11-8-6-4-5-7-9-11/h8,12,15H,4-7,9-10,14H2,1-3H3. The van der Waals surface area contributed by atoms with Crippen LogP contribution in [0.2, 0.25) is 0 Å². The number of hydrogen-bond acceptors (Lipinski definition) is 3. The van der Waals surface area contributed by atoms with E-state index in [9.17, 15) is 0 Å². The molecule has 0 heterocycles. The lowest BCUT2D eigenvalue weighted by atomic mass is 9.91. The van der Waals surface area contributed by atoms with Gasteiger partial charge in [0, 0.05) is 13.2 Å². The Labute approximate surface area is 99.4 Å². The molecular formula is C13H26N2O. The van der Waals surface area contributed by atoms with Crippen LogP contribution < -0.4 is 11.3 Å². The molecule has 94 valence electrons. The van der Waals surface area contributed by atoms with Crippen LogP contribution >= 0.6 is 0 Å². The van der Waals surface area contributed by atoms with E-state index in [1.54, 1.807) is 7.11 Å². The number of rotatable bonds is 5. The first-order chi connectivity index (χ1) is 7.59. The summed E-state index contributed by atoms with van der Waals surface area (Å²) in [6, 6.07) is 0.257. The molecule has 0 bridgehead atoms. The van der Waals surface area contributed by atoms with Gasteiger partial charge < -0.3 is 4.74 Å². The number of methoxy groups -OCH3 is 1. The van der Waals surface area contributed by atoms with Gasteiger partial charge in [-0.15, -0.1) is 0 Å². The minimum atomic E-state index is -0.121. The second-order valence-corrected chi connectivity index (χ2v) is 5.27. The number of nitrogens with one attached hydrogen (secondary N) is 1. The van der Waals surface area contributed by atoms with E-state index in [-0.39, 0.29) is 11.6 Å². The van der Waals surface area contributed by atoms with Gasteiger partial charge in [-0.3, -0.25) is 11.3 Å². The van der Waals surface area contributed by atoms with E-state index < -0.39 is 0 Å². The average Bonchev–Trinajstić information content (AvgIpc) is 2.54. The maximum absolute atomic E-state index is 5.67. The molecule has 1 aliphatic rings. The SMILES string of the molecule is COC(C)(C)CC(NN)C1=CCCCCC1. The monoisotopic (exact) mass is 226 g/mol. The Morgan fingerprint density at radius 1 is 1.44 bits per heavy atom. The number of hydrogen-bond donors (Lipinski definition) is 2. The van der Waals surface area contributed by atoms with Crippen molar-refractivity contribution in [2.75, 3.05) is 7.11 Å². The molecule has 3 heteroatoms. The summed E-state index contributed by atoms with van der Waals surface area (Å²) in [5, 5.41) is 0. The molecule has 1 aliphatic carbocycles. The van der Waals surface area contributed by atoms with Gasteiger partial charge in [0.15, 0.2) is 0 Å². The molecule has 0 amide bonds. The normalized spacial score (nSPS) is 20.1. The van der Waals surface area contributed by atoms with Gasteiger partial charge in [-0.1, -0.05) is 18.1 Å². The highest BCUT2D eigenvalue weighted by Crippen LogP contribution is 2.25. The molecule has 1 rings (SSSR count). The quantitative estimate of drug-likeness (QED) is 0.430. The number of ether oxygens (including phenoxy) is 1. The Morgan fingerprint density at radius 3 is 2.81 bits per heavy atom. The predicted octanol–water partition coefficient (Wildman–Crippen LogP) is 2.52. The molecule has 3 N–H and O–H groups in total. The van der Waals surface area contributed by atoms with Gasteiger partial charge in [-0.25, -0.2) is 0 Å². The molecule has 0 aliphatic heterocycles. The van der Waals surface area contributed by atoms with Crippen molar-refractivity contribution in [2.24, 2.45) is 5.84 Å². The molecule has 0 saturated carbocycles. The summed E-state index contributed by atoms with van der Waals surface area (Å²) in [5.74, 6) is 5.67. The van der Waals surface area contributed by atoms with Crippen LogP contribution in [0.4, 0.5) is 0 Å². The summed E-state index contributed by atoms with van der Waals surface area (Å²) in [7, 11) is 1.76. The Balaban J connectivity index is 2.62. The molecule has 0 radical (unpaired) electrons. The Hall–Kier alpha value is -0.380. The van der Waals surface area contributed by atoms with Crippen LogP contribution in [0.5, 0.6) is 0 Å². The first-order valence-electron chi connectivity index (χ1n) is 6.29. The van der Waals surface area contributed by atoms with Gasteiger partial charge in [0.05, 0.1) is 5.60 Å². The second kappa shape index (κ2) is 6.38. The van der Waals surface area contributed by atoms with E-state index in [4.69, 9.17) is 10.6 Å². The van der Waals surface area contributed by atoms with Crippen LogP contribution in [0.25, 0.3) is 0 Å². The Morgan fingerprint density at radius 2 is 2.19 bits per heavy atom. The van der Waals surface area contributed by atoms with Crippen LogP contribution in [0.3, 0.4) is 0 Å². The summed E-state index contributed by atoms with van der Waals surface area (Å²) < 4.78 is 5.47. The molecule has 0 aromatic rings. The third-order valence-corrected chi connectivity index (χ3v) is 3.47. The third kappa shape index (κ3) is 4.24. The lowest BCUT2D eigenvalue weighted by molar-refractivity contribution is 0.00964. The minimum Gasteiger partial charge on any atom is -0.379 e. The molecule has 0 spiro atoms. The summed E-state index contributed by atoms with van der Waals surface area (Å²) in [4.78, 5) is 0. The van der Waals surface area contributed by atoms with Crippen molar-refractivity contribution in [1.29, 1.82) is 0 Å². The van der Waals surface area contributed by atoms with Crippen molar-refractivity contribution in [3.8, 4) is 0 Å². The van der Waals surface area contributed by atoms with Crippen molar-refractivity contribution in [3.63, 3.8) is 0 Å². The molecule has 1 unspecified atom stereocenters. The minimum absolute atomic E-state index is 0.121. The van der Waals surface area contributed by atoms with Crippen LogP contribution in [-0.2, 0) is 4.74 Å². The topological polar surface area (TPSA) is 47.3 Å². The Kier molecular flexibility index (Phi) is 5.46. The molecule has 16 heavy (non-hydrogen) atoms. The van der Waals surface area contributed by atoms with Gasteiger partial charge in [-0.2, -0.15) is 0 Å². The first kappa shape index (κ1) is 13.7. The largest absolute Gasteiger partial charge is 0.379 e. The molecule has 0 aromatic carbocycles. The van der Waals surface area contributed by atoms with Crippen LogP contribution in [-0.4, -0.2) is 18.8 Å². The van der Waals surface area contributed by atoms with E-state index in [1.807, 2.05) is 0 Å². The van der Waals surface area contributed by atoms with Crippen LogP contribution in [0, 0.1) is 0 Å². The zero-order chi connectivity index (χ0) is 12.0. The summed E-state index contributed by atoms with van der Waals surface area (Å²) >= 11 is 0. The lowest BCUT2D eigenvalue weighted by Gasteiger charge is -2.29. The highest BCUT2D eigenvalue weighted by Gasteiger charge is 2.24. The van der Waals surface area contributed by atoms with Gasteiger partial charge in [0.1, 0.15) is 0 Å². The molecule has 3 nitrogen and oxygen atoms in total. The summed E-state index contributed by atoms with van der Waals surface area (Å²) in [6.45, 7) is 4.21. The highest BCUT2D eigenvalue weighted by molar-refractivity contribution is 5.12. The van der Waals surface area contributed by atoms with Gasteiger partial charge >= 0.3 is 0 Å². The maximum Gasteiger partial charge on any atom is 0.0641 e. The first-order valence-corrected chi connectivity index (χ1v) is 6.29. The average molecular weight is 226 g/mol. The van der Waals surface area contributed by atoms with Crippen molar-refractivity contribution < 1.29 is 4.74 Å². The van der Waals surface area contributed by atoms with Gasteiger partial charge in [0.25, 0.3) is 0 Å². The number of allylic oxidation sites excluding steroid dienone is 1. The van der Waals surface area contributed by atoms with E-state index >= 15 is 0 Å². The maximum atomic E-state index is 5.67. The van der Waals surface area contributed by atoms with Crippen molar-refractivity contribution in [3.05, 3.63) is 11.6 Å². The Bertz CT molecular complexity index is 236.